The molecule has 130 valence electrons. The lowest BCUT2D eigenvalue weighted by atomic mass is 10.2. The van der Waals surface area contributed by atoms with Crippen LogP contribution in [0.25, 0.3) is 10.2 Å². The number of amides is 1. The third-order valence-corrected chi connectivity index (χ3v) is 6.23. The van der Waals surface area contributed by atoms with Crippen LogP contribution in [0.4, 0.5) is 5.69 Å². The van der Waals surface area contributed by atoms with Gasteiger partial charge >= 0.3 is 10.7 Å². The van der Waals surface area contributed by atoms with E-state index in [1.54, 1.807) is 19.2 Å². The number of thiophene rings is 1. The largest absolute Gasteiger partial charge is 0.346 e. The zero-order valence-electron chi connectivity index (χ0n) is 14.0. The summed E-state index contributed by atoms with van der Waals surface area (Å²) >= 11 is 8.89. The van der Waals surface area contributed by atoms with Gasteiger partial charge in [0.2, 0.25) is 5.91 Å². The van der Waals surface area contributed by atoms with Crippen molar-refractivity contribution >= 4 is 56.5 Å². The fourth-order valence-electron chi connectivity index (χ4n) is 2.42. The second kappa shape index (κ2) is 7.19. The Labute approximate surface area is 158 Å². The van der Waals surface area contributed by atoms with Crippen molar-refractivity contribution in [3.05, 3.63) is 50.1 Å². The number of nitrogens with one attached hydrogen (secondary N) is 2. The average molecular weight is 395 g/mol. The maximum absolute atomic E-state index is 12.4. The first kappa shape index (κ1) is 18.0. The summed E-state index contributed by atoms with van der Waals surface area (Å²) in [6.45, 7) is 3.82. The van der Waals surface area contributed by atoms with Crippen molar-refractivity contribution in [2.75, 3.05) is 11.1 Å². The fourth-order valence-corrected chi connectivity index (χ4v) is 4.35. The number of thioether (sulfide) groups is 1. The number of hydrogen-bond acceptors (Lipinski definition) is 4. The Balaban J connectivity index is 1.76. The summed E-state index contributed by atoms with van der Waals surface area (Å²) < 4.78 is 1.54. The Bertz CT molecular complexity index is 1030. The number of aromatic amines is 1. The molecular formula is C17H17ClN3O2S2+. The van der Waals surface area contributed by atoms with Crippen LogP contribution in [0.5, 0.6) is 0 Å². The fraction of sp³-hybridized carbons (Fsp3) is 0.235. The zero-order valence-corrected chi connectivity index (χ0v) is 16.4. The molecule has 5 nitrogen and oxygen atoms in total. The Kier molecular flexibility index (Phi) is 5.17. The van der Waals surface area contributed by atoms with Gasteiger partial charge in [-0.2, -0.15) is 4.57 Å². The van der Waals surface area contributed by atoms with E-state index in [0.717, 1.165) is 15.3 Å². The van der Waals surface area contributed by atoms with E-state index in [1.807, 2.05) is 26.0 Å². The van der Waals surface area contributed by atoms with E-state index < -0.39 is 0 Å². The predicted octanol–water partition coefficient (Wildman–Crippen LogP) is 3.42. The molecule has 3 rings (SSSR count). The van der Waals surface area contributed by atoms with Crippen molar-refractivity contribution < 1.29 is 9.78 Å². The number of benzene rings is 1. The van der Waals surface area contributed by atoms with E-state index >= 15 is 0 Å². The van der Waals surface area contributed by atoms with Crippen LogP contribution in [0.2, 0.25) is 5.02 Å². The van der Waals surface area contributed by atoms with Gasteiger partial charge in [0.25, 0.3) is 0 Å². The molecule has 8 heteroatoms. The highest BCUT2D eigenvalue weighted by Crippen LogP contribution is 2.24. The topological polar surface area (TPSA) is 65.2 Å². The minimum atomic E-state index is -0.154. The van der Waals surface area contributed by atoms with Gasteiger partial charge in [-0.3, -0.25) is 4.79 Å². The number of nitrogens with zero attached hydrogens (tertiary/aromatic N) is 1. The normalized spacial score (nSPS) is 11.0. The summed E-state index contributed by atoms with van der Waals surface area (Å²) in [5.74, 6) is 0.0321. The molecule has 2 aromatic heterocycles. The maximum atomic E-state index is 12.4. The molecule has 0 aliphatic heterocycles. The van der Waals surface area contributed by atoms with Gasteiger partial charge in [0.1, 0.15) is 5.39 Å². The Morgan fingerprint density at radius 1 is 1.40 bits per heavy atom. The quantitative estimate of drug-likeness (QED) is 0.544. The van der Waals surface area contributed by atoms with Gasteiger partial charge in [0.05, 0.1) is 12.8 Å². The third-order valence-electron chi connectivity index (χ3n) is 3.80. The molecule has 0 spiro atoms. The van der Waals surface area contributed by atoms with E-state index in [2.05, 4.69) is 10.3 Å². The lowest BCUT2D eigenvalue weighted by molar-refractivity contribution is -0.404. The number of fused-ring (bicyclic) bond motifs is 1. The summed E-state index contributed by atoms with van der Waals surface area (Å²) in [7, 11) is 1.70. The highest BCUT2D eigenvalue weighted by molar-refractivity contribution is 7.99. The summed E-state index contributed by atoms with van der Waals surface area (Å²) in [5, 5.41) is 4.79. The molecule has 0 radical (unpaired) electrons. The summed E-state index contributed by atoms with van der Waals surface area (Å²) in [6.07, 6.45) is 0. The van der Waals surface area contributed by atoms with Crippen LogP contribution >= 0.6 is 34.7 Å². The molecule has 0 fully saturated rings. The smallest absolute Gasteiger partial charge is 0.325 e. The zero-order chi connectivity index (χ0) is 18.1. The lowest BCUT2D eigenvalue weighted by Gasteiger charge is -2.08. The number of rotatable bonds is 4. The minimum absolute atomic E-state index is 0.0632. The van der Waals surface area contributed by atoms with Crippen LogP contribution in [0, 0.1) is 13.8 Å². The number of aromatic nitrogens is 2. The molecular weight excluding hydrogens is 378 g/mol. The van der Waals surface area contributed by atoms with Crippen molar-refractivity contribution in [2.24, 2.45) is 7.05 Å². The van der Waals surface area contributed by atoms with Gasteiger partial charge in [-0.15, -0.1) is 0 Å². The Morgan fingerprint density at radius 2 is 2.16 bits per heavy atom. The molecule has 25 heavy (non-hydrogen) atoms. The van der Waals surface area contributed by atoms with Crippen molar-refractivity contribution in [2.45, 2.75) is 19.0 Å². The summed E-state index contributed by atoms with van der Waals surface area (Å²) in [6, 6.07) is 7.26. The standard InChI is InChI=1S/C17H16ClN3O2S2/c1-9-7-11-15(25-9)20-17(21(3)16(11)23)24-8-14(22)19-13-6-4-5-12(18)10(13)2/h4-7H,8H2,1-3H3,(H,19,22)/p+1. The van der Waals surface area contributed by atoms with Crippen LogP contribution in [0.1, 0.15) is 10.4 Å². The molecule has 0 atom stereocenters. The molecule has 2 heterocycles. The highest BCUT2D eigenvalue weighted by Gasteiger charge is 2.19. The highest BCUT2D eigenvalue weighted by atomic mass is 35.5. The first-order valence-corrected chi connectivity index (χ1v) is 9.75. The van der Waals surface area contributed by atoms with Crippen LogP contribution < -0.4 is 15.9 Å². The molecule has 0 aliphatic carbocycles. The minimum Gasteiger partial charge on any atom is -0.325 e. The number of halogens is 1. The lowest BCUT2D eigenvalue weighted by Crippen LogP contribution is -2.27. The number of carbonyl (C=O) groups is 1. The molecule has 1 amide bonds. The Morgan fingerprint density at radius 3 is 2.92 bits per heavy atom. The van der Waals surface area contributed by atoms with Crippen LogP contribution in [-0.4, -0.2) is 16.2 Å². The molecule has 1 aromatic carbocycles. The van der Waals surface area contributed by atoms with Gasteiger partial charge in [-0.1, -0.05) is 29.0 Å². The number of carbonyl (C=O) groups excluding carboxylic acids is 1. The van der Waals surface area contributed by atoms with Crippen molar-refractivity contribution in [1.29, 1.82) is 0 Å². The summed E-state index contributed by atoms with van der Waals surface area (Å²) in [4.78, 5) is 29.8. The van der Waals surface area contributed by atoms with Crippen LogP contribution in [0.3, 0.4) is 0 Å². The SMILES string of the molecule is Cc1cc2c(=O)n(C)c(SCC(=O)Nc3cccc(Cl)c3C)[nH+]c2s1. The number of anilines is 1. The second-order valence-corrected chi connectivity index (χ2v) is 8.27. The third kappa shape index (κ3) is 3.73. The molecule has 0 unspecified atom stereocenters. The summed E-state index contributed by atoms with van der Waals surface area (Å²) in [5.41, 5.74) is 1.46. The van der Waals surface area contributed by atoms with Crippen molar-refractivity contribution in [3.63, 3.8) is 0 Å². The molecule has 0 aliphatic rings. The van der Waals surface area contributed by atoms with Crippen molar-refractivity contribution in [1.82, 2.24) is 4.57 Å². The van der Waals surface area contributed by atoms with Crippen LogP contribution in [0.15, 0.2) is 34.2 Å². The Hall–Kier alpha value is -1.83. The molecule has 0 saturated carbocycles. The second-order valence-electron chi connectivity index (χ2n) is 5.64. The predicted molar refractivity (Wildman–Crippen MR) is 104 cm³/mol. The molecule has 0 bridgehead atoms. The molecule has 0 saturated heterocycles. The van der Waals surface area contributed by atoms with Gasteiger partial charge in [0, 0.05) is 15.6 Å². The van der Waals surface area contributed by atoms with E-state index in [-0.39, 0.29) is 17.2 Å². The van der Waals surface area contributed by atoms with Crippen LogP contribution in [-0.2, 0) is 11.8 Å². The van der Waals surface area contributed by atoms with Gasteiger partial charge < -0.3 is 5.32 Å². The molecule has 2 N–H and O–H groups in total. The maximum Gasteiger partial charge on any atom is 0.346 e. The number of hydrogen-bond donors (Lipinski definition) is 1. The van der Waals surface area contributed by atoms with Crippen molar-refractivity contribution in [3.8, 4) is 0 Å². The van der Waals surface area contributed by atoms with E-state index in [4.69, 9.17) is 11.6 Å². The van der Waals surface area contributed by atoms with E-state index in [1.165, 1.54) is 27.7 Å². The number of H-pyrrole nitrogens is 1. The van der Waals surface area contributed by atoms with E-state index in [9.17, 15) is 9.59 Å². The average Bonchev–Trinajstić information content (AvgIpc) is 2.94. The monoisotopic (exact) mass is 394 g/mol. The first-order chi connectivity index (χ1) is 11.9. The number of aryl methyl sites for hydroxylation is 1. The van der Waals surface area contributed by atoms with Gasteiger partial charge in [0.15, 0.2) is 4.83 Å². The van der Waals surface area contributed by atoms with Gasteiger partial charge in [-0.25, -0.2) is 9.78 Å². The van der Waals surface area contributed by atoms with E-state index in [0.29, 0.717) is 21.3 Å². The molecule has 3 aromatic rings. The van der Waals surface area contributed by atoms with Gasteiger partial charge in [-0.05, 0) is 49.4 Å². The first-order valence-electron chi connectivity index (χ1n) is 7.57.